The molecule has 1 amide bonds. The molecule has 1 aromatic carbocycles. The van der Waals surface area contributed by atoms with Gasteiger partial charge < -0.3 is 4.90 Å². The highest BCUT2D eigenvalue weighted by atomic mass is 79.9. The topological polar surface area (TPSA) is 37.6 Å². The van der Waals surface area contributed by atoms with Gasteiger partial charge in [0.25, 0.3) is 5.91 Å². The Balaban J connectivity index is 1.95. The smallest absolute Gasteiger partial charge is 0.258 e. The molecule has 0 N–H and O–H groups in total. The predicted molar refractivity (Wildman–Crippen MR) is 87.1 cm³/mol. The van der Waals surface area contributed by atoms with Gasteiger partial charge in [-0.2, -0.15) is 5.10 Å². The van der Waals surface area contributed by atoms with Crippen molar-refractivity contribution in [1.29, 1.82) is 0 Å². The molecule has 0 radical (unpaired) electrons. The fourth-order valence-corrected chi connectivity index (χ4v) is 2.57. The first-order valence-corrected chi connectivity index (χ1v) is 7.40. The van der Waals surface area contributed by atoms with E-state index >= 15 is 0 Å². The van der Waals surface area contributed by atoms with Gasteiger partial charge in [0, 0.05) is 29.5 Å². The number of benzene rings is 1. The molecule has 106 valence electrons. The van der Waals surface area contributed by atoms with Gasteiger partial charge >= 0.3 is 0 Å². The molecular weight excluding hydrogens is 354 g/mol. The van der Waals surface area contributed by atoms with Crippen molar-refractivity contribution in [3.63, 3.8) is 0 Å². The maximum absolute atomic E-state index is 12.6. The lowest BCUT2D eigenvalue weighted by molar-refractivity contribution is 0.0993. The van der Waals surface area contributed by atoms with Crippen LogP contribution in [0.3, 0.4) is 0 Å². The highest BCUT2D eigenvalue weighted by molar-refractivity contribution is 9.10. The minimum Gasteiger partial charge on any atom is -0.311 e. The zero-order chi connectivity index (χ0) is 15.0. The van der Waals surface area contributed by atoms with Crippen LogP contribution < -0.4 is 4.90 Å². The Morgan fingerprint density at radius 1 is 1.29 bits per heavy atom. The molecule has 0 aliphatic carbocycles. The molecule has 2 aromatic heterocycles. The lowest BCUT2D eigenvalue weighted by Gasteiger charge is -2.17. The quantitative estimate of drug-likeness (QED) is 0.688. The molecular formula is C15H11BrClN3O. The molecule has 0 aliphatic rings. The largest absolute Gasteiger partial charge is 0.311 e. The summed E-state index contributed by atoms with van der Waals surface area (Å²) < 4.78 is 2.56. The van der Waals surface area contributed by atoms with Crippen molar-refractivity contribution >= 4 is 44.6 Å². The van der Waals surface area contributed by atoms with Crippen molar-refractivity contribution in [2.45, 2.75) is 0 Å². The molecule has 3 rings (SSSR count). The third-order valence-electron chi connectivity index (χ3n) is 3.24. The van der Waals surface area contributed by atoms with Crippen molar-refractivity contribution in [2.24, 2.45) is 0 Å². The summed E-state index contributed by atoms with van der Waals surface area (Å²) >= 11 is 9.28. The number of halogens is 2. The number of amides is 1. The van der Waals surface area contributed by atoms with Gasteiger partial charge in [-0.15, -0.1) is 0 Å². The Hall–Kier alpha value is -1.85. The maximum Gasteiger partial charge on any atom is 0.258 e. The fourth-order valence-electron chi connectivity index (χ4n) is 2.06. The number of rotatable bonds is 2. The van der Waals surface area contributed by atoms with Crippen molar-refractivity contribution in [2.75, 3.05) is 11.9 Å². The minimum atomic E-state index is -0.0899. The number of pyridine rings is 1. The van der Waals surface area contributed by atoms with Crippen LogP contribution in [0.2, 0.25) is 5.02 Å². The summed E-state index contributed by atoms with van der Waals surface area (Å²) in [7, 11) is 1.74. The van der Waals surface area contributed by atoms with Crippen molar-refractivity contribution in [3.05, 3.63) is 63.9 Å². The molecule has 0 unspecified atom stereocenters. The molecule has 0 bridgehead atoms. The van der Waals surface area contributed by atoms with E-state index in [1.165, 1.54) is 0 Å². The highest BCUT2D eigenvalue weighted by Gasteiger charge is 2.15. The van der Waals surface area contributed by atoms with E-state index in [4.69, 9.17) is 11.6 Å². The third kappa shape index (κ3) is 2.66. The van der Waals surface area contributed by atoms with E-state index in [9.17, 15) is 4.79 Å². The minimum absolute atomic E-state index is 0.0899. The van der Waals surface area contributed by atoms with Crippen LogP contribution in [0, 0.1) is 0 Å². The van der Waals surface area contributed by atoms with Crippen LogP contribution in [-0.2, 0) is 0 Å². The number of hydrogen-bond donors (Lipinski definition) is 0. The van der Waals surface area contributed by atoms with Gasteiger partial charge in [0.1, 0.15) is 0 Å². The molecule has 0 spiro atoms. The van der Waals surface area contributed by atoms with Crippen LogP contribution in [0.1, 0.15) is 10.4 Å². The average Bonchev–Trinajstić information content (AvgIpc) is 2.87. The van der Waals surface area contributed by atoms with Gasteiger partial charge in [-0.1, -0.05) is 11.6 Å². The number of aromatic nitrogens is 2. The SMILES string of the molecule is CN(C(=O)c1ccn2ncc(Br)c2c1)c1ccc(Cl)cc1. The van der Waals surface area contributed by atoms with Gasteiger partial charge in [-0.25, -0.2) is 4.52 Å². The lowest BCUT2D eigenvalue weighted by Crippen LogP contribution is -2.26. The molecule has 0 aliphatic heterocycles. The fraction of sp³-hybridized carbons (Fsp3) is 0.0667. The van der Waals surface area contributed by atoms with Gasteiger partial charge in [0.2, 0.25) is 0 Å². The second-order valence-corrected chi connectivity index (χ2v) is 5.87. The van der Waals surface area contributed by atoms with Gasteiger partial charge in [-0.05, 0) is 52.3 Å². The average molecular weight is 365 g/mol. The van der Waals surface area contributed by atoms with Crippen molar-refractivity contribution in [3.8, 4) is 0 Å². The Labute approximate surface area is 135 Å². The zero-order valence-electron chi connectivity index (χ0n) is 11.1. The first-order chi connectivity index (χ1) is 10.1. The molecule has 21 heavy (non-hydrogen) atoms. The van der Waals surface area contributed by atoms with Crippen LogP contribution in [0.15, 0.2) is 53.3 Å². The predicted octanol–water partition coefficient (Wildman–Crippen LogP) is 4.03. The molecule has 4 nitrogen and oxygen atoms in total. The third-order valence-corrected chi connectivity index (χ3v) is 4.10. The molecule has 0 atom stereocenters. The Morgan fingerprint density at radius 2 is 2.00 bits per heavy atom. The first-order valence-electron chi connectivity index (χ1n) is 6.23. The number of carbonyl (C=O) groups is 1. The standard InChI is InChI=1S/C15H11BrClN3O/c1-19(12-4-2-11(17)3-5-12)15(21)10-6-7-20-14(8-10)13(16)9-18-20/h2-9H,1H3. The van der Waals surface area contributed by atoms with Gasteiger partial charge in [0.15, 0.2) is 0 Å². The zero-order valence-corrected chi connectivity index (χ0v) is 13.5. The van der Waals surface area contributed by atoms with Crippen molar-refractivity contribution < 1.29 is 4.79 Å². The molecule has 2 heterocycles. The number of anilines is 1. The molecule has 3 aromatic rings. The monoisotopic (exact) mass is 363 g/mol. The summed E-state index contributed by atoms with van der Waals surface area (Å²) in [5.41, 5.74) is 2.24. The second kappa shape index (κ2) is 5.50. The number of fused-ring (bicyclic) bond motifs is 1. The molecule has 0 saturated heterocycles. The van der Waals surface area contributed by atoms with E-state index in [0.29, 0.717) is 10.6 Å². The van der Waals surface area contributed by atoms with E-state index in [-0.39, 0.29) is 5.91 Å². The maximum atomic E-state index is 12.6. The van der Waals surface area contributed by atoms with Crippen LogP contribution >= 0.6 is 27.5 Å². The highest BCUT2D eigenvalue weighted by Crippen LogP contribution is 2.21. The van der Waals surface area contributed by atoms with Crippen LogP contribution in [-0.4, -0.2) is 22.6 Å². The van der Waals surface area contributed by atoms with Gasteiger partial charge in [0.05, 0.1) is 16.2 Å². The lowest BCUT2D eigenvalue weighted by atomic mass is 10.2. The van der Waals surface area contributed by atoms with Gasteiger partial charge in [-0.3, -0.25) is 4.79 Å². The summed E-state index contributed by atoms with van der Waals surface area (Å²) in [6, 6.07) is 10.7. The molecule has 6 heteroatoms. The van der Waals surface area contributed by atoms with E-state index in [0.717, 1.165) is 15.7 Å². The van der Waals surface area contributed by atoms with Crippen LogP contribution in [0.4, 0.5) is 5.69 Å². The van der Waals surface area contributed by atoms with E-state index < -0.39 is 0 Å². The Kier molecular flexibility index (Phi) is 3.69. The Bertz CT molecular complexity index is 813. The summed E-state index contributed by atoms with van der Waals surface area (Å²) in [4.78, 5) is 14.1. The van der Waals surface area contributed by atoms with Crippen LogP contribution in [0.5, 0.6) is 0 Å². The summed E-state index contributed by atoms with van der Waals surface area (Å²) in [5, 5.41) is 4.80. The summed E-state index contributed by atoms with van der Waals surface area (Å²) in [6.07, 6.45) is 3.47. The summed E-state index contributed by atoms with van der Waals surface area (Å²) in [5.74, 6) is -0.0899. The van der Waals surface area contributed by atoms with E-state index in [1.54, 1.807) is 47.1 Å². The van der Waals surface area contributed by atoms with Crippen LogP contribution in [0.25, 0.3) is 5.52 Å². The Morgan fingerprint density at radius 3 is 2.71 bits per heavy atom. The number of carbonyl (C=O) groups excluding carboxylic acids is 1. The number of hydrogen-bond acceptors (Lipinski definition) is 2. The summed E-state index contributed by atoms with van der Waals surface area (Å²) in [6.45, 7) is 0. The first kappa shape index (κ1) is 14.1. The molecule has 0 saturated carbocycles. The number of nitrogens with zero attached hydrogens (tertiary/aromatic N) is 3. The van der Waals surface area contributed by atoms with E-state index in [2.05, 4.69) is 21.0 Å². The normalized spacial score (nSPS) is 10.8. The van der Waals surface area contributed by atoms with Crippen molar-refractivity contribution in [1.82, 2.24) is 9.61 Å². The second-order valence-electron chi connectivity index (χ2n) is 4.58. The molecule has 0 fully saturated rings. The van der Waals surface area contributed by atoms with E-state index in [1.807, 2.05) is 18.2 Å².